The summed E-state index contributed by atoms with van der Waals surface area (Å²) in [5, 5.41) is 11.8. The third-order valence-corrected chi connectivity index (χ3v) is 5.28. The van der Waals surface area contributed by atoms with Crippen molar-refractivity contribution in [2.24, 2.45) is 0 Å². The lowest BCUT2D eigenvalue weighted by molar-refractivity contribution is -0.142. The van der Waals surface area contributed by atoms with Gasteiger partial charge in [-0.05, 0) is 37.8 Å². The number of piperidine rings is 1. The molecule has 2 aromatic rings. The number of allylic oxidation sites excluding steroid dienone is 3. The number of nitrogens with zero attached hydrogens (tertiary/aromatic N) is 3. The van der Waals surface area contributed by atoms with Crippen molar-refractivity contribution >= 4 is 28.4 Å². The number of hydrogen-bond acceptors (Lipinski definition) is 5. The smallest absolute Gasteiger partial charge is 0.319 e. The van der Waals surface area contributed by atoms with Gasteiger partial charge in [-0.15, -0.1) is 0 Å². The van der Waals surface area contributed by atoms with E-state index in [0.717, 1.165) is 42.5 Å². The van der Waals surface area contributed by atoms with Crippen LogP contribution in [-0.4, -0.2) is 34.1 Å². The van der Waals surface area contributed by atoms with Gasteiger partial charge in [0.15, 0.2) is 0 Å². The van der Waals surface area contributed by atoms with E-state index in [1.807, 2.05) is 24.3 Å². The summed E-state index contributed by atoms with van der Waals surface area (Å²) in [6, 6.07) is 3.67. The molecule has 3 heterocycles. The number of nitrogens with two attached hydrogens (primary N) is 1. The lowest BCUT2D eigenvalue weighted by atomic mass is 9.78. The Morgan fingerprint density at radius 3 is 2.69 bits per heavy atom. The maximum atomic E-state index is 12.2. The van der Waals surface area contributed by atoms with Crippen LogP contribution in [0.25, 0.3) is 10.8 Å². The Morgan fingerprint density at radius 1 is 1.19 bits per heavy atom. The topological polar surface area (TPSA) is 92.3 Å². The highest BCUT2D eigenvalue weighted by Gasteiger charge is 2.40. The number of carbonyl (C=O) groups is 1. The number of rotatable bonds is 3. The highest BCUT2D eigenvalue weighted by atomic mass is 16.4. The van der Waals surface area contributed by atoms with Gasteiger partial charge in [0.1, 0.15) is 17.1 Å². The molecule has 6 heteroatoms. The van der Waals surface area contributed by atoms with Crippen LogP contribution in [-0.2, 0) is 10.2 Å². The fourth-order valence-corrected chi connectivity index (χ4v) is 3.80. The molecular formula is C20H22N4O2. The maximum Gasteiger partial charge on any atom is 0.319 e. The second-order valence-corrected chi connectivity index (χ2v) is 6.98. The molecule has 1 saturated heterocycles. The highest BCUT2D eigenvalue weighted by Crippen LogP contribution is 2.37. The van der Waals surface area contributed by atoms with Crippen LogP contribution in [0.5, 0.6) is 0 Å². The van der Waals surface area contributed by atoms with Gasteiger partial charge >= 0.3 is 5.97 Å². The van der Waals surface area contributed by atoms with Crippen molar-refractivity contribution in [3.05, 3.63) is 48.3 Å². The van der Waals surface area contributed by atoms with E-state index in [4.69, 9.17) is 10.7 Å². The minimum atomic E-state index is -1.14. The first-order valence-corrected chi connectivity index (χ1v) is 9.00. The van der Waals surface area contributed by atoms with Gasteiger partial charge < -0.3 is 15.7 Å². The van der Waals surface area contributed by atoms with Crippen molar-refractivity contribution in [3.8, 4) is 0 Å². The zero-order valence-corrected chi connectivity index (χ0v) is 14.6. The number of aliphatic carboxylic acids is 1. The average Bonchev–Trinajstić information content (AvgIpc) is 2.68. The molecule has 3 N–H and O–H groups in total. The molecule has 6 nitrogen and oxygen atoms in total. The Labute approximate surface area is 152 Å². The minimum absolute atomic E-state index is 0.388. The Balaban J connectivity index is 1.93. The molecule has 0 bridgehead atoms. The number of aromatic nitrogens is 2. The van der Waals surface area contributed by atoms with Gasteiger partial charge in [-0.2, -0.15) is 0 Å². The second kappa shape index (κ2) is 6.44. The van der Waals surface area contributed by atoms with Gasteiger partial charge in [-0.25, -0.2) is 9.97 Å². The van der Waals surface area contributed by atoms with Crippen molar-refractivity contribution in [1.29, 1.82) is 0 Å². The van der Waals surface area contributed by atoms with Gasteiger partial charge in [0.2, 0.25) is 0 Å². The molecule has 1 aliphatic heterocycles. The summed E-state index contributed by atoms with van der Waals surface area (Å²) in [5.41, 5.74) is 5.31. The van der Waals surface area contributed by atoms with Gasteiger partial charge in [-0.3, -0.25) is 4.79 Å². The van der Waals surface area contributed by atoms with E-state index < -0.39 is 11.4 Å². The van der Waals surface area contributed by atoms with E-state index in [2.05, 4.69) is 9.88 Å². The van der Waals surface area contributed by atoms with Crippen LogP contribution in [0.1, 0.15) is 31.4 Å². The van der Waals surface area contributed by atoms with Crippen LogP contribution in [0.3, 0.4) is 0 Å². The Bertz CT molecular complexity index is 915. The zero-order valence-electron chi connectivity index (χ0n) is 14.6. The van der Waals surface area contributed by atoms with Crippen LogP contribution in [0.15, 0.2) is 42.6 Å². The molecule has 2 aromatic heterocycles. The molecule has 0 saturated carbocycles. The van der Waals surface area contributed by atoms with Gasteiger partial charge in [0, 0.05) is 30.1 Å². The van der Waals surface area contributed by atoms with Crippen molar-refractivity contribution in [2.75, 3.05) is 23.7 Å². The third-order valence-electron chi connectivity index (χ3n) is 5.28. The van der Waals surface area contributed by atoms with Gasteiger partial charge in [-0.1, -0.05) is 24.3 Å². The van der Waals surface area contributed by atoms with E-state index in [9.17, 15) is 9.90 Å². The highest BCUT2D eigenvalue weighted by molar-refractivity contribution is 5.95. The molecule has 0 spiro atoms. The summed E-state index contributed by atoms with van der Waals surface area (Å²) in [6.07, 6.45) is 12.8. The molecule has 1 aliphatic carbocycles. The maximum absolute atomic E-state index is 12.2. The number of hydrogen-bond donors (Lipinski definition) is 2. The first kappa shape index (κ1) is 16.6. The SMILES string of the molecule is Nc1cc2c(N3CCCCC3)nc([C@]3(C(=O)O)C=CC=CC3)cc2cn1. The molecule has 0 unspecified atom stereocenters. The summed E-state index contributed by atoms with van der Waals surface area (Å²) >= 11 is 0. The summed E-state index contributed by atoms with van der Waals surface area (Å²) in [6.45, 7) is 1.84. The normalized spacial score (nSPS) is 22.7. The van der Waals surface area contributed by atoms with Crippen molar-refractivity contribution < 1.29 is 9.90 Å². The van der Waals surface area contributed by atoms with Crippen LogP contribution >= 0.6 is 0 Å². The monoisotopic (exact) mass is 350 g/mol. The summed E-state index contributed by atoms with van der Waals surface area (Å²) in [4.78, 5) is 23.5. The van der Waals surface area contributed by atoms with E-state index in [-0.39, 0.29) is 0 Å². The number of anilines is 2. The Morgan fingerprint density at radius 2 is 2.00 bits per heavy atom. The number of carboxylic acid groups (broad SMARTS) is 1. The van der Waals surface area contributed by atoms with Crippen LogP contribution in [0, 0.1) is 0 Å². The molecular weight excluding hydrogens is 328 g/mol. The summed E-state index contributed by atoms with van der Waals surface area (Å²) in [5.74, 6) is 0.367. The lowest BCUT2D eigenvalue weighted by Gasteiger charge is -2.32. The molecule has 134 valence electrons. The summed E-state index contributed by atoms with van der Waals surface area (Å²) in [7, 11) is 0. The molecule has 0 amide bonds. The van der Waals surface area contributed by atoms with Crippen molar-refractivity contribution in [1.82, 2.24) is 9.97 Å². The fourth-order valence-electron chi connectivity index (χ4n) is 3.80. The number of nitrogen functional groups attached to an aromatic ring is 1. The Kier molecular flexibility index (Phi) is 4.11. The van der Waals surface area contributed by atoms with E-state index in [1.54, 1.807) is 18.3 Å². The third kappa shape index (κ3) is 2.71. The molecule has 0 radical (unpaired) electrons. The predicted molar refractivity (Wildman–Crippen MR) is 102 cm³/mol. The number of pyridine rings is 2. The molecule has 4 rings (SSSR count). The second-order valence-electron chi connectivity index (χ2n) is 6.98. The number of fused-ring (bicyclic) bond motifs is 1. The van der Waals surface area contributed by atoms with Crippen molar-refractivity contribution in [3.63, 3.8) is 0 Å². The number of carboxylic acids is 1. The van der Waals surface area contributed by atoms with Crippen molar-refractivity contribution in [2.45, 2.75) is 31.1 Å². The molecule has 26 heavy (non-hydrogen) atoms. The van der Waals surface area contributed by atoms with Crippen LogP contribution in [0.2, 0.25) is 0 Å². The van der Waals surface area contributed by atoms with E-state index >= 15 is 0 Å². The first-order chi connectivity index (χ1) is 12.6. The minimum Gasteiger partial charge on any atom is -0.480 e. The predicted octanol–water partition coefficient (Wildman–Crippen LogP) is 3.04. The summed E-state index contributed by atoms with van der Waals surface area (Å²) < 4.78 is 0. The fraction of sp³-hybridized carbons (Fsp3) is 0.350. The average molecular weight is 350 g/mol. The van der Waals surface area contributed by atoms with E-state index in [0.29, 0.717) is 17.9 Å². The lowest BCUT2D eigenvalue weighted by Crippen LogP contribution is -2.36. The Hall–Kier alpha value is -2.89. The zero-order chi connectivity index (χ0) is 18.1. The van der Waals surface area contributed by atoms with Crippen LogP contribution < -0.4 is 10.6 Å². The standard InChI is InChI=1S/C20H22N4O2/c21-17-12-15-14(13-22-17)11-16(20(19(25)26)7-3-1-4-8-20)23-18(15)24-9-5-2-6-10-24/h1,3-4,7,11-13H,2,5-6,8-10H2,(H2,21,22)(H,25,26)/t20-/m0/s1. The largest absolute Gasteiger partial charge is 0.480 e. The molecule has 1 fully saturated rings. The molecule has 2 aliphatic rings. The van der Waals surface area contributed by atoms with E-state index in [1.165, 1.54) is 6.42 Å². The van der Waals surface area contributed by atoms with Gasteiger partial charge in [0.05, 0.1) is 5.69 Å². The van der Waals surface area contributed by atoms with Crippen LogP contribution in [0.4, 0.5) is 11.6 Å². The first-order valence-electron chi connectivity index (χ1n) is 9.00. The quantitative estimate of drug-likeness (QED) is 0.884. The molecule has 1 atom stereocenters. The van der Waals surface area contributed by atoms with Gasteiger partial charge in [0.25, 0.3) is 0 Å². The molecule has 0 aromatic carbocycles.